The maximum Gasteiger partial charge on any atom is 0.435 e. The van der Waals surface area contributed by atoms with E-state index in [2.05, 4.69) is 16.5 Å². The Labute approximate surface area is 131 Å². The summed E-state index contributed by atoms with van der Waals surface area (Å²) in [5.74, 6) is 0. The van der Waals surface area contributed by atoms with Crippen LogP contribution in [0, 0.1) is 0 Å². The van der Waals surface area contributed by atoms with Crippen LogP contribution >= 0.6 is 0 Å². The highest BCUT2D eigenvalue weighted by molar-refractivity contribution is 5.69. The first-order valence-electron chi connectivity index (χ1n) is 7.71. The number of ether oxygens (including phenoxy) is 1. The van der Waals surface area contributed by atoms with Crippen LogP contribution in [0.5, 0.6) is 0 Å². The van der Waals surface area contributed by atoms with Crippen LogP contribution in [0.1, 0.15) is 39.3 Å². The molecule has 2 N–H and O–H groups in total. The summed E-state index contributed by atoms with van der Waals surface area (Å²) < 4.78 is 6.49. The molecule has 1 fully saturated rings. The fourth-order valence-electron chi connectivity index (χ4n) is 2.29. The van der Waals surface area contributed by atoms with Gasteiger partial charge in [0.15, 0.2) is 0 Å². The van der Waals surface area contributed by atoms with E-state index in [4.69, 9.17) is 4.74 Å². The molecule has 0 aliphatic carbocycles. The molecule has 1 unspecified atom stereocenters. The minimum Gasteiger partial charge on any atom is -0.442 e. The van der Waals surface area contributed by atoms with E-state index in [1.54, 1.807) is 6.20 Å². The highest BCUT2D eigenvalue weighted by atomic mass is 16.6. The number of aromatic nitrogens is 2. The van der Waals surface area contributed by atoms with Gasteiger partial charge in [-0.15, -0.1) is 0 Å². The van der Waals surface area contributed by atoms with Crippen LogP contribution < -0.4 is 5.32 Å². The van der Waals surface area contributed by atoms with Crippen LogP contribution in [0.3, 0.4) is 0 Å². The summed E-state index contributed by atoms with van der Waals surface area (Å²) in [6.07, 6.45) is 5.16. The summed E-state index contributed by atoms with van der Waals surface area (Å²) in [4.78, 5) is 11.9. The number of hydrogen-bond acceptors (Lipinski definition) is 5. The van der Waals surface area contributed by atoms with E-state index in [1.807, 2.05) is 26.8 Å². The lowest BCUT2D eigenvalue weighted by Crippen LogP contribution is -2.33. The van der Waals surface area contributed by atoms with Crippen LogP contribution in [0.25, 0.3) is 0 Å². The molecule has 2 rings (SSSR count). The number of aliphatic hydroxyl groups excluding tert-OH is 1. The van der Waals surface area contributed by atoms with E-state index < -0.39 is 11.7 Å². The van der Waals surface area contributed by atoms with Gasteiger partial charge in [-0.25, -0.2) is 4.79 Å². The van der Waals surface area contributed by atoms with E-state index in [-0.39, 0.29) is 6.10 Å². The Bertz CT molecular complexity index is 543. The molecule has 22 heavy (non-hydrogen) atoms. The fourth-order valence-corrected chi connectivity index (χ4v) is 2.29. The van der Waals surface area contributed by atoms with Gasteiger partial charge in [0.2, 0.25) is 0 Å². The van der Waals surface area contributed by atoms with Gasteiger partial charge in [0.25, 0.3) is 0 Å². The second kappa shape index (κ2) is 7.07. The van der Waals surface area contributed by atoms with Gasteiger partial charge < -0.3 is 15.2 Å². The SMILES string of the molecule is CC(C)(C)OC(=O)n1ccc(CCC=C2CNCCC2O)n1. The van der Waals surface area contributed by atoms with E-state index in [0.29, 0.717) is 0 Å². The van der Waals surface area contributed by atoms with Gasteiger partial charge in [0, 0.05) is 12.7 Å². The van der Waals surface area contributed by atoms with Crippen molar-refractivity contribution in [3.63, 3.8) is 0 Å². The number of piperidine rings is 1. The Balaban J connectivity index is 1.87. The monoisotopic (exact) mass is 307 g/mol. The summed E-state index contributed by atoms with van der Waals surface area (Å²) >= 11 is 0. The molecular formula is C16H25N3O3. The largest absolute Gasteiger partial charge is 0.442 e. The molecule has 0 aromatic carbocycles. The molecule has 6 heteroatoms. The first-order valence-corrected chi connectivity index (χ1v) is 7.71. The molecule has 1 atom stereocenters. The minimum atomic E-state index is -0.530. The third-order valence-electron chi connectivity index (χ3n) is 3.38. The third-order valence-corrected chi connectivity index (χ3v) is 3.38. The van der Waals surface area contributed by atoms with Crippen molar-refractivity contribution >= 4 is 6.09 Å². The molecule has 0 saturated carbocycles. The normalized spacial score (nSPS) is 21.1. The number of hydrogen-bond donors (Lipinski definition) is 2. The number of aryl methyl sites for hydroxylation is 1. The maximum absolute atomic E-state index is 11.9. The van der Waals surface area contributed by atoms with Gasteiger partial charge in [0.05, 0.1) is 11.8 Å². The lowest BCUT2D eigenvalue weighted by Gasteiger charge is -2.21. The Morgan fingerprint density at radius 1 is 1.59 bits per heavy atom. The fraction of sp³-hybridized carbons (Fsp3) is 0.625. The summed E-state index contributed by atoms with van der Waals surface area (Å²) in [5, 5.41) is 17.3. The predicted molar refractivity (Wildman–Crippen MR) is 83.8 cm³/mol. The Morgan fingerprint density at radius 2 is 2.36 bits per heavy atom. The van der Waals surface area contributed by atoms with Crippen molar-refractivity contribution < 1.29 is 14.6 Å². The third kappa shape index (κ3) is 4.96. The molecule has 2 heterocycles. The van der Waals surface area contributed by atoms with Crippen LogP contribution in [0.4, 0.5) is 4.79 Å². The molecule has 1 aromatic rings. The Morgan fingerprint density at radius 3 is 3.05 bits per heavy atom. The zero-order valence-electron chi connectivity index (χ0n) is 13.5. The van der Waals surface area contributed by atoms with Crippen LogP contribution in [0.15, 0.2) is 23.9 Å². The highest BCUT2D eigenvalue weighted by Crippen LogP contribution is 2.12. The van der Waals surface area contributed by atoms with Gasteiger partial charge in [0.1, 0.15) is 5.60 Å². The average molecular weight is 307 g/mol. The van der Waals surface area contributed by atoms with Crippen LogP contribution in [-0.4, -0.2) is 45.8 Å². The Kier molecular flexibility index (Phi) is 5.37. The lowest BCUT2D eigenvalue weighted by atomic mass is 10.0. The van der Waals surface area contributed by atoms with Crippen molar-refractivity contribution in [2.24, 2.45) is 0 Å². The van der Waals surface area contributed by atoms with Gasteiger partial charge in [-0.1, -0.05) is 6.08 Å². The molecule has 0 amide bonds. The highest BCUT2D eigenvalue weighted by Gasteiger charge is 2.18. The standard InChI is InChI=1S/C16H25N3O3/c1-16(2,3)22-15(21)19-10-8-13(18-19)6-4-5-12-11-17-9-7-14(12)20/h5,8,10,14,17,20H,4,6-7,9,11H2,1-3H3. The number of rotatable bonds is 3. The number of carbonyl (C=O) groups excluding carboxylic acids is 1. The average Bonchev–Trinajstić information content (AvgIpc) is 2.88. The molecule has 0 bridgehead atoms. The summed E-state index contributed by atoms with van der Waals surface area (Å²) in [6.45, 7) is 7.08. The predicted octanol–water partition coefficient (Wildman–Crippen LogP) is 1.88. The van der Waals surface area contributed by atoms with Crippen LogP contribution in [-0.2, 0) is 11.2 Å². The molecule has 122 valence electrons. The molecule has 0 spiro atoms. The molecule has 0 radical (unpaired) electrons. The van der Waals surface area contributed by atoms with Crippen LogP contribution in [0.2, 0.25) is 0 Å². The lowest BCUT2D eigenvalue weighted by molar-refractivity contribution is 0.0514. The van der Waals surface area contributed by atoms with Crippen molar-refractivity contribution in [2.45, 2.75) is 51.7 Å². The number of aliphatic hydroxyl groups is 1. The Hall–Kier alpha value is -1.66. The number of allylic oxidation sites excluding steroid dienone is 1. The molecule has 1 aliphatic rings. The molecule has 1 saturated heterocycles. The van der Waals surface area contributed by atoms with Gasteiger partial charge in [-0.2, -0.15) is 9.78 Å². The van der Waals surface area contributed by atoms with Gasteiger partial charge in [-0.05, 0) is 58.2 Å². The van der Waals surface area contributed by atoms with Crippen molar-refractivity contribution in [3.8, 4) is 0 Å². The van der Waals surface area contributed by atoms with E-state index >= 15 is 0 Å². The molecule has 1 aliphatic heterocycles. The molecule has 1 aromatic heterocycles. The summed E-state index contributed by atoms with van der Waals surface area (Å²) in [7, 11) is 0. The van der Waals surface area contributed by atoms with E-state index in [0.717, 1.165) is 43.6 Å². The number of nitrogens with one attached hydrogen (secondary N) is 1. The molecular weight excluding hydrogens is 282 g/mol. The van der Waals surface area contributed by atoms with Crippen molar-refractivity contribution in [1.82, 2.24) is 15.1 Å². The summed E-state index contributed by atoms with van der Waals surface area (Å²) in [5.41, 5.74) is 1.34. The molecule has 6 nitrogen and oxygen atoms in total. The zero-order valence-corrected chi connectivity index (χ0v) is 13.5. The maximum atomic E-state index is 11.9. The van der Waals surface area contributed by atoms with E-state index in [9.17, 15) is 9.90 Å². The second-order valence-electron chi connectivity index (χ2n) is 6.53. The number of carbonyl (C=O) groups is 1. The number of nitrogens with zero attached hydrogens (tertiary/aromatic N) is 2. The van der Waals surface area contributed by atoms with Crippen molar-refractivity contribution in [1.29, 1.82) is 0 Å². The minimum absolute atomic E-state index is 0.333. The first kappa shape index (κ1) is 16.7. The quantitative estimate of drug-likeness (QED) is 0.834. The summed E-state index contributed by atoms with van der Waals surface area (Å²) in [6, 6.07) is 1.82. The smallest absolute Gasteiger partial charge is 0.435 e. The topological polar surface area (TPSA) is 76.4 Å². The van der Waals surface area contributed by atoms with Gasteiger partial charge >= 0.3 is 6.09 Å². The first-order chi connectivity index (χ1) is 10.3. The second-order valence-corrected chi connectivity index (χ2v) is 6.53. The van der Waals surface area contributed by atoms with Crippen molar-refractivity contribution in [3.05, 3.63) is 29.6 Å². The van der Waals surface area contributed by atoms with Gasteiger partial charge in [-0.3, -0.25) is 0 Å². The van der Waals surface area contributed by atoms with E-state index in [1.165, 1.54) is 4.68 Å². The van der Waals surface area contributed by atoms with Crippen molar-refractivity contribution in [2.75, 3.05) is 13.1 Å². The zero-order chi connectivity index (χ0) is 16.2.